The van der Waals surface area contributed by atoms with Crippen molar-refractivity contribution in [2.75, 3.05) is 37.0 Å². The van der Waals surface area contributed by atoms with Crippen molar-refractivity contribution in [3.8, 4) is 0 Å². The molecular formula is C25H26BrN3O. The van der Waals surface area contributed by atoms with Gasteiger partial charge in [-0.3, -0.25) is 4.79 Å². The van der Waals surface area contributed by atoms with Crippen molar-refractivity contribution >= 4 is 33.2 Å². The first-order valence-corrected chi connectivity index (χ1v) is 11.0. The van der Waals surface area contributed by atoms with E-state index in [2.05, 4.69) is 79.6 Å². The molecule has 1 aliphatic rings. The Morgan fingerprint density at radius 3 is 2.57 bits per heavy atom. The van der Waals surface area contributed by atoms with E-state index in [9.17, 15) is 4.79 Å². The number of rotatable bonds is 6. The van der Waals surface area contributed by atoms with E-state index in [4.69, 9.17) is 0 Å². The Balaban J connectivity index is 1.60. The summed E-state index contributed by atoms with van der Waals surface area (Å²) in [5.41, 5.74) is 5.65. The lowest BCUT2D eigenvalue weighted by Gasteiger charge is -2.31. The lowest BCUT2D eigenvalue weighted by molar-refractivity contribution is 0.0951. The number of carbonyl (C=O) groups excluding carboxylic acids is 1. The molecule has 0 aromatic heterocycles. The predicted octanol–water partition coefficient (Wildman–Crippen LogP) is 5.05. The molecule has 154 valence electrons. The fourth-order valence-corrected chi connectivity index (χ4v) is 4.41. The van der Waals surface area contributed by atoms with E-state index in [1.54, 1.807) is 0 Å². The first-order valence-electron chi connectivity index (χ1n) is 10.2. The van der Waals surface area contributed by atoms with Gasteiger partial charge in [0, 0.05) is 48.6 Å². The number of carbonyl (C=O) groups is 1. The number of para-hydroxylation sites is 1. The van der Waals surface area contributed by atoms with Crippen molar-refractivity contribution < 1.29 is 4.79 Å². The second-order valence-corrected chi connectivity index (χ2v) is 8.71. The standard InChI is InChI=1S/C25H26BrN3O/c1-28(2)22-12-10-19(11-13-22)24(29-15-14-18-6-3-4-9-23(18)29)17-27-25(30)20-7-5-8-21(26)16-20/h3-13,16,24H,14-15,17H2,1-2H3,(H,27,30)/t24-/m1/s1. The molecule has 3 aromatic carbocycles. The number of hydrogen-bond donors (Lipinski definition) is 1. The quantitative estimate of drug-likeness (QED) is 0.555. The normalized spacial score (nSPS) is 13.6. The summed E-state index contributed by atoms with van der Waals surface area (Å²) < 4.78 is 0.902. The summed E-state index contributed by atoms with van der Waals surface area (Å²) >= 11 is 3.45. The Bertz CT molecular complexity index is 1030. The summed E-state index contributed by atoms with van der Waals surface area (Å²) in [6.07, 6.45) is 1.03. The molecular weight excluding hydrogens is 438 g/mol. The SMILES string of the molecule is CN(C)c1ccc([C@@H](CNC(=O)c2cccc(Br)c2)N2CCc3ccccc32)cc1. The van der Waals surface area contributed by atoms with Crippen LogP contribution in [0.25, 0.3) is 0 Å². The number of amides is 1. The minimum Gasteiger partial charge on any atom is -0.378 e. The zero-order valence-corrected chi connectivity index (χ0v) is 18.9. The maximum absolute atomic E-state index is 12.8. The van der Waals surface area contributed by atoms with E-state index in [-0.39, 0.29) is 11.9 Å². The maximum atomic E-state index is 12.8. The van der Waals surface area contributed by atoms with Gasteiger partial charge < -0.3 is 15.1 Å². The first kappa shape index (κ1) is 20.5. The van der Waals surface area contributed by atoms with Crippen LogP contribution in [0, 0.1) is 0 Å². The van der Waals surface area contributed by atoms with E-state index in [0.717, 1.165) is 23.1 Å². The number of halogens is 1. The van der Waals surface area contributed by atoms with Crippen LogP contribution in [0.5, 0.6) is 0 Å². The summed E-state index contributed by atoms with van der Waals surface area (Å²) in [6, 6.07) is 24.7. The first-order chi connectivity index (χ1) is 14.5. The van der Waals surface area contributed by atoms with E-state index in [1.807, 2.05) is 38.4 Å². The van der Waals surface area contributed by atoms with Gasteiger partial charge in [-0.2, -0.15) is 0 Å². The molecule has 0 saturated carbocycles. The third kappa shape index (κ3) is 4.36. The third-order valence-corrected chi connectivity index (χ3v) is 6.13. The molecule has 1 amide bonds. The molecule has 1 aliphatic heterocycles. The molecule has 0 saturated heterocycles. The van der Waals surface area contributed by atoms with Crippen molar-refractivity contribution in [1.29, 1.82) is 0 Å². The van der Waals surface area contributed by atoms with Gasteiger partial charge in [-0.25, -0.2) is 0 Å². The number of anilines is 2. The van der Waals surface area contributed by atoms with E-state index in [0.29, 0.717) is 12.1 Å². The van der Waals surface area contributed by atoms with Crippen molar-refractivity contribution in [3.05, 3.63) is 94.0 Å². The lowest BCUT2D eigenvalue weighted by Crippen LogP contribution is -2.37. The van der Waals surface area contributed by atoms with Crippen LogP contribution in [0.15, 0.2) is 77.3 Å². The number of benzene rings is 3. The summed E-state index contributed by atoms with van der Waals surface area (Å²) in [6.45, 7) is 1.49. The van der Waals surface area contributed by atoms with Gasteiger partial charge in [0.05, 0.1) is 6.04 Å². The van der Waals surface area contributed by atoms with Crippen molar-refractivity contribution in [1.82, 2.24) is 5.32 Å². The predicted molar refractivity (Wildman–Crippen MR) is 127 cm³/mol. The molecule has 0 radical (unpaired) electrons. The molecule has 1 atom stereocenters. The highest BCUT2D eigenvalue weighted by Crippen LogP contribution is 2.35. The highest BCUT2D eigenvalue weighted by molar-refractivity contribution is 9.10. The topological polar surface area (TPSA) is 35.6 Å². The molecule has 0 aliphatic carbocycles. The van der Waals surface area contributed by atoms with Crippen LogP contribution in [-0.2, 0) is 6.42 Å². The van der Waals surface area contributed by atoms with E-state index < -0.39 is 0 Å². The van der Waals surface area contributed by atoms with Crippen LogP contribution < -0.4 is 15.1 Å². The van der Waals surface area contributed by atoms with Crippen LogP contribution in [0.3, 0.4) is 0 Å². The maximum Gasteiger partial charge on any atom is 0.251 e. The van der Waals surface area contributed by atoms with Gasteiger partial charge >= 0.3 is 0 Å². The van der Waals surface area contributed by atoms with Gasteiger partial charge in [0.1, 0.15) is 0 Å². The zero-order chi connectivity index (χ0) is 21.1. The molecule has 0 bridgehead atoms. The smallest absolute Gasteiger partial charge is 0.251 e. The van der Waals surface area contributed by atoms with Crippen molar-refractivity contribution in [3.63, 3.8) is 0 Å². The number of fused-ring (bicyclic) bond motifs is 1. The molecule has 1 N–H and O–H groups in total. The van der Waals surface area contributed by atoms with Crippen molar-refractivity contribution in [2.24, 2.45) is 0 Å². The second kappa shape index (κ2) is 8.92. The van der Waals surface area contributed by atoms with Crippen LogP contribution in [0.2, 0.25) is 0 Å². The Labute approximate surface area is 186 Å². The molecule has 3 aromatic rings. The van der Waals surface area contributed by atoms with Gasteiger partial charge in [-0.15, -0.1) is 0 Å². The number of hydrogen-bond acceptors (Lipinski definition) is 3. The molecule has 5 heteroatoms. The average molecular weight is 464 g/mol. The van der Waals surface area contributed by atoms with Gasteiger partial charge in [-0.1, -0.05) is 52.3 Å². The third-order valence-electron chi connectivity index (χ3n) is 5.64. The van der Waals surface area contributed by atoms with Gasteiger partial charge in [-0.05, 0) is 53.9 Å². The van der Waals surface area contributed by atoms with Crippen LogP contribution in [0.1, 0.15) is 27.5 Å². The van der Waals surface area contributed by atoms with Crippen molar-refractivity contribution in [2.45, 2.75) is 12.5 Å². The molecule has 1 heterocycles. The van der Waals surface area contributed by atoms with Gasteiger partial charge in [0.2, 0.25) is 0 Å². The number of nitrogens with one attached hydrogen (secondary N) is 1. The van der Waals surface area contributed by atoms with Gasteiger partial charge in [0.15, 0.2) is 0 Å². The summed E-state index contributed by atoms with van der Waals surface area (Å²) in [4.78, 5) is 17.3. The van der Waals surface area contributed by atoms with E-state index >= 15 is 0 Å². The molecule has 0 unspecified atom stereocenters. The number of nitrogens with zero attached hydrogens (tertiary/aromatic N) is 2. The Kier molecular flexibility index (Phi) is 6.09. The largest absolute Gasteiger partial charge is 0.378 e. The highest BCUT2D eigenvalue weighted by atomic mass is 79.9. The summed E-state index contributed by atoms with van der Waals surface area (Å²) in [5.74, 6) is -0.0568. The lowest BCUT2D eigenvalue weighted by atomic mass is 10.0. The Morgan fingerprint density at radius 2 is 1.83 bits per heavy atom. The van der Waals surface area contributed by atoms with Crippen LogP contribution in [-0.4, -0.2) is 33.1 Å². The summed E-state index contributed by atoms with van der Waals surface area (Å²) in [5, 5.41) is 3.16. The Hall–Kier alpha value is -2.79. The monoisotopic (exact) mass is 463 g/mol. The van der Waals surface area contributed by atoms with Gasteiger partial charge in [0.25, 0.3) is 5.91 Å². The van der Waals surface area contributed by atoms with Crippen LogP contribution >= 0.6 is 15.9 Å². The molecule has 0 spiro atoms. The molecule has 4 nitrogen and oxygen atoms in total. The van der Waals surface area contributed by atoms with E-state index in [1.165, 1.54) is 16.8 Å². The second-order valence-electron chi connectivity index (χ2n) is 7.79. The molecule has 4 rings (SSSR count). The summed E-state index contributed by atoms with van der Waals surface area (Å²) in [7, 11) is 4.09. The fraction of sp³-hybridized carbons (Fsp3) is 0.240. The highest BCUT2D eigenvalue weighted by Gasteiger charge is 2.27. The minimum atomic E-state index is -0.0568. The zero-order valence-electron chi connectivity index (χ0n) is 17.3. The molecule has 0 fully saturated rings. The average Bonchev–Trinajstić information content (AvgIpc) is 3.18. The Morgan fingerprint density at radius 1 is 1.07 bits per heavy atom. The fourth-order valence-electron chi connectivity index (χ4n) is 4.01. The van der Waals surface area contributed by atoms with Crippen LogP contribution in [0.4, 0.5) is 11.4 Å². The molecule has 30 heavy (non-hydrogen) atoms. The minimum absolute atomic E-state index is 0.0568.